The van der Waals surface area contributed by atoms with E-state index in [0.29, 0.717) is 6.54 Å². The summed E-state index contributed by atoms with van der Waals surface area (Å²) in [5.74, 6) is 0.773. The van der Waals surface area contributed by atoms with Crippen LogP contribution in [0.4, 0.5) is 5.95 Å². The van der Waals surface area contributed by atoms with Gasteiger partial charge in [0.05, 0.1) is 0 Å². The van der Waals surface area contributed by atoms with Crippen molar-refractivity contribution in [3.8, 4) is 0 Å². The molecule has 0 fully saturated rings. The van der Waals surface area contributed by atoms with Crippen LogP contribution in [0.1, 0.15) is 13.3 Å². The van der Waals surface area contributed by atoms with Crippen molar-refractivity contribution in [2.24, 2.45) is 5.73 Å². The van der Waals surface area contributed by atoms with E-state index < -0.39 is 0 Å². The normalized spacial score (nSPS) is 10.0. The Morgan fingerprint density at radius 3 is 2.54 bits per heavy atom. The molecule has 0 aromatic carbocycles. The molecule has 1 rings (SSSR count). The summed E-state index contributed by atoms with van der Waals surface area (Å²) >= 11 is 0. The third kappa shape index (κ3) is 2.99. The van der Waals surface area contributed by atoms with Gasteiger partial charge in [0.25, 0.3) is 0 Å². The van der Waals surface area contributed by atoms with Crippen LogP contribution in [0.2, 0.25) is 0 Å². The van der Waals surface area contributed by atoms with E-state index in [1.54, 1.807) is 12.4 Å². The fourth-order valence-corrected chi connectivity index (χ4v) is 1.19. The third-order valence-corrected chi connectivity index (χ3v) is 1.73. The lowest BCUT2D eigenvalue weighted by molar-refractivity contribution is 0.737. The molecule has 0 spiro atoms. The van der Waals surface area contributed by atoms with Crippen LogP contribution in [-0.2, 0) is 0 Å². The van der Waals surface area contributed by atoms with Gasteiger partial charge >= 0.3 is 0 Å². The average molecular weight is 180 g/mol. The van der Waals surface area contributed by atoms with E-state index in [1.807, 2.05) is 6.07 Å². The molecule has 1 aromatic heterocycles. The molecule has 4 nitrogen and oxygen atoms in total. The summed E-state index contributed by atoms with van der Waals surface area (Å²) in [4.78, 5) is 10.4. The maximum absolute atomic E-state index is 5.50. The molecule has 0 amide bonds. The van der Waals surface area contributed by atoms with Gasteiger partial charge in [-0.05, 0) is 12.5 Å². The third-order valence-electron chi connectivity index (χ3n) is 1.73. The molecule has 0 radical (unpaired) electrons. The molecule has 0 saturated heterocycles. The van der Waals surface area contributed by atoms with E-state index in [4.69, 9.17) is 5.73 Å². The van der Waals surface area contributed by atoms with E-state index in [9.17, 15) is 0 Å². The van der Waals surface area contributed by atoms with Crippen LogP contribution in [-0.4, -0.2) is 29.6 Å². The SMILES string of the molecule is CCCN(CCN)c1ncccn1. The van der Waals surface area contributed by atoms with Gasteiger partial charge in [-0.2, -0.15) is 0 Å². The minimum atomic E-state index is 0.637. The van der Waals surface area contributed by atoms with Crippen molar-refractivity contribution in [2.45, 2.75) is 13.3 Å². The lowest BCUT2D eigenvalue weighted by atomic mass is 10.4. The Morgan fingerprint density at radius 2 is 2.00 bits per heavy atom. The molecule has 1 heterocycles. The van der Waals surface area contributed by atoms with Crippen molar-refractivity contribution in [2.75, 3.05) is 24.5 Å². The lowest BCUT2D eigenvalue weighted by Crippen LogP contribution is -2.31. The maximum Gasteiger partial charge on any atom is 0.225 e. The molecule has 0 bridgehead atoms. The molecule has 0 aliphatic rings. The zero-order chi connectivity index (χ0) is 9.52. The van der Waals surface area contributed by atoms with Crippen molar-refractivity contribution in [1.82, 2.24) is 9.97 Å². The van der Waals surface area contributed by atoms with E-state index in [0.717, 1.165) is 25.5 Å². The maximum atomic E-state index is 5.50. The number of hydrogen-bond acceptors (Lipinski definition) is 4. The van der Waals surface area contributed by atoms with Gasteiger partial charge in [0.2, 0.25) is 5.95 Å². The number of anilines is 1. The first-order valence-corrected chi connectivity index (χ1v) is 4.60. The molecular formula is C9H16N4. The second kappa shape index (κ2) is 5.48. The lowest BCUT2D eigenvalue weighted by Gasteiger charge is -2.20. The number of nitrogens with two attached hydrogens (primary N) is 1. The van der Waals surface area contributed by atoms with Gasteiger partial charge in [-0.15, -0.1) is 0 Å². The predicted octanol–water partition coefficient (Wildman–Crippen LogP) is 0.652. The fraction of sp³-hybridized carbons (Fsp3) is 0.556. The Kier molecular flexibility index (Phi) is 4.18. The first-order chi connectivity index (χ1) is 6.38. The molecule has 72 valence electrons. The number of aromatic nitrogens is 2. The van der Waals surface area contributed by atoms with Gasteiger partial charge in [-0.3, -0.25) is 0 Å². The molecule has 0 saturated carbocycles. The summed E-state index contributed by atoms with van der Waals surface area (Å²) < 4.78 is 0. The summed E-state index contributed by atoms with van der Waals surface area (Å²) in [7, 11) is 0. The zero-order valence-electron chi connectivity index (χ0n) is 7.98. The van der Waals surface area contributed by atoms with Crippen LogP contribution in [0.3, 0.4) is 0 Å². The Morgan fingerprint density at radius 1 is 1.31 bits per heavy atom. The molecule has 0 atom stereocenters. The molecule has 13 heavy (non-hydrogen) atoms. The fourth-order valence-electron chi connectivity index (χ4n) is 1.19. The summed E-state index contributed by atoms with van der Waals surface area (Å²) in [5, 5.41) is 0. The van der Waals surface area contributed by atoms with E-state index >= 15 is 0 Å². The smallest absolute Gasteiger partial charge is 0.225 e. The van der Waals surface area contributed by atoms with E-state index in [1.165, 1.54) is 0 Å². The summed E-state index contributed by atoms with van der Waals surface area (Å²) in [5.41, 5.74) is 5.50. The Labute approximate surface area is 78.8 Å². The van der Waals surface area contributed by atoms with Crippen LogP contribution >= 0.6 is 0 Å². The van der Waals surface area contributed by atoms with Crippen LogP contribution in [0.15, 0.2) is 18.5 Å². The van der Waals surface area contributed by atoms with Crippen LogP contribution in [0.25, 0.3) is 0 Å². The topological polar surface area (TPSA) is 55.0 Å². The molecule has 4 heteroatoms. The van der Waals surface area contributed by atoms with Crippen molar-refractivity contribution >= 4 is 5.95 Å². The second-order valence-electron chi connectivity index (χ2n) is 2.82. The van der Waals surface area contributed by atoms with Crippen LogP contribution in [0.5, 0.6) is 0 Å². The number of nitrogens with zero attached hydrogens (tertiary/aromatic N) is 3. The van der Waals surface area contributed by atoms with Crippen LogP contribution in [0, 0.1) is 0 Å². The van der Waals surface area contributed by atoms with Gasteiger partial charge in [-0.25, -0.2) is 9.97 Å². The average Bonchev–Trinajstić information content (AvgIpc) is 2.19. The first-order valence-electron chi connectivity index (χ1n) is 4.60. The monoisotopic (exact) mass is 180 g/mol. The minimum Gasteiger partial charge on any atom is -0.340 e. The van der Waals surface area contributed by atoms with Gasteiger partial charge in [-0.1, -0.05) is 6.92 Å². The molecular weight excluding hydrogens is 164 g/mol. The van der Waals surface area contributed by atoms with Gasteiger partial charge in [0.15, 0.2) is 0 Å². The summed E-state index contributed by atoms with van der Waals surface area (Å²) in [6, 6.07) is 1.82. The molecule has 0 unspecified atom stereocenters. The summed E-state index contributed by atoms with van der Waals surface area (Å²) in [6.45, 7) is 4.55. The minimum absolute atomic E-state index is 0.637. The van der Waals surface area contributed by atoms with E-state index in [-0.39, 0.29) is 0 Å². The molecule has 1 aromatic rings. The predicted molar refractivity (Wildman–Crippen MR) is 53.6 cm³/mol. The second-order valence-corrected chi connectivity index (χ2v) is 2.82. The Hall–Kier alpha value is -1.16. The van der Waals surface area contributed by atoms with Crippen molar-refractivity contribution < 1.29 is 0 Å². The largest absolute Gasteiger partial charge is 0.340 e. The Balaban J connectivity index is 2.64. The van der Waals surface area contributed by atoms with Crippen molar-refractivity contribution in [3.05, 3.63) is 18.5 Å². The molecule has 2 N–H and O–H groups in total. The number of hydrogen-bond donors (Lipinski definition) is 1. The zero-order valence-corrected chi connectivity index (χ0v) is 7.98. The summed E-state index contributed by atoms with van der Waals surface area (Å²) in [6.07, 6.45) is 4.58. The highest BCUT2D eigenvalue weighted by molar-refractivity contribution is 5.27. The standard InChI is InChI=1S/C9H16N4/c1-2-7-13(8-4-10)9-11-5-3-6-12-9/h3,5-6H,2,4,7-8,10H2,1H3. The molecule has 0 aliphatic carbocycles. The molecule has 0 aliphatic heterocycles. The number of rotatable bonds is 5. The quantitative estimate of drug-likeness (QED) is 0.723. The first kappa shape index (κ1) is 9.92. The van der Waals surface area contributed by atoms with Crippen molar-refractivity contribution in [3.63, 3.8) is 0 Å². The van der Waals surface area contributed by atoms with Crippen LogP contribution < -0.4 is 10.6 Å². The van der Waals surface area contributed by atoms with Gasteiger partial charge in [0, 0.05) is 32.0 Å². The highest BCUT2D eigenvalue weighted by atomic mass is 15.2. The van der Waals surface area contributed by atoms with E-state index in [2.05, 4.69) is 21.8 Å². The highest BCUT2D eigenvalue weighted by Gasteiger charge is 2.05. The van der Waals surface area contributed by atoms with Crippen molar-refractivity contribution in [1.29, 1.82) is 0 Å². The van der Waals surface area contributed by atoms with Gasteiger partial charge < -0.3 is 10.6 Å². The van der Waals surface area contributed by atoms with Gasteiger partial charge in [0.1, 0.15) is 0 Å². The Bertz CT molecular complexity index is 218. The highest BCUT2D eigenvalue weighted by Crippen LogP contribution is 2.04.